The van der Waals surface area contributed by atoms with E-state index in [1.54, 1.807) is 0 Å². The topological polar surface area (TPSA) is 3.24 Å². The molecule has 4 atom stereocenters. The van der Waals surface area contributed by atoms with Gasteiger partial charge in [-0.15, -0.1) is 0 Å². The van der Waals surface area contributed by atoms with Gasteiger partial charge < -0.3 is 0 Å². The Balaban J connectivity index is 1.83. The van der Waals surface area contributed by atoms with E-state index in [0.29, 0.717) is 0 Å². The molecule has 0 bridgehead atoms. The molecular formula is C11H19N. The molecule has 1 heteroatoms. The number of rotatable bonds is 0. The van der Waals surface area contributed by atoms with Gasteiger partial charge in [-0.2, -0.15) is 0 Å². The molecule has 0 N–H and O–H groups in total. The largest absolute Gasteiger partial charge is 0.300 e. The second kappa shape index (κ2) is 2.47. The van der Waals surface area contributed by atoms with Crippen molar-refractivity contribution in [1.29, 1.82) is 0 Å². The predicted molar refractivity (Wildman–Crippen MR) is 50.0 cm³/mol. The van der Waals surface area contributed by atoms with Crippen LogP contribution in [0.15, 0.2) is 0 Å². The summed E-state index contributed by atoms with van der Waals surface area (Å²) in [5, 5.41) is 0. The number of nitrogens with zero attached hydrogens (tertiary/aromatic N) is 1. The van der Waals surface area contributed by atoms with Crippen molar-refractivity contribution < 1.29 is 0 Å². The average molecular weight is 165 g/mol. The zero-order chi connectivity index (χ0) is 8.13. The van der Waals surface area contributed by atoms with Gasteiger partial charge in [-0.25, -0.2) is 0 Å². The molecule has 2 saturated heterocycles. The summed E-state index contributed by atoms with van der Waals surface area (Å²) in [4.78, 5) is 2.77. The van der Waals surface area contributed by atoms with Crippen molar-refractivity contribution in [1.82, 2.24) is 4.90 Å². The van der Waals surface area contributed by atoms with Crippen LogP contribution in [0.5, 0.6) is 0 Å². The van der Waals surface area contributed by atoms with E-state index in [-0.39, 0.29) is 0 Å². The zero-order valence-electron chi connectivity index (χ0n) is 8.00. The Morgan fingerprint density at radius 3 is 2.92 bits per heavy atom. The van der Waals surface area contributed by atoms with E-state index in [0.717, 1.165) is 23.8 Å². The summed E-state index contributed by atoms with van der Waals surface area (Å²) >= 11 is 0. The maximum Gasteiger partial charge on any atom is 0.0127 e. The second-order valence-electron chi connectivity index (χ2n) is 5.09. The third-order valence-electron chi connectivity index (χ3n) is 4.59. The summed E-state index contributed by atoms with van der Waals surface area (Å²) in [7, 11) is 0. The number of hydrogen-bond donors (Lipinski definition) is 0. The molecule has 0 aromatic rings. The molecule has 0 radical (unpaired) electrons. The van der Waals surface area contributed by atoms with E-state index in [1.165, 1.54) is 38.8 Å². The van der Waals surface area contributed by atoms with Gasteiger partial charge in [-0.3, -0.25) is 4.90 Å². The lowest BCUT2D eigenvalue weighted by atomic mass is 9.89. The van der Waals surface area contributed by atoms with Crippen molar-refractivity contribution in [3.8, 4) is 0 Å². The first-order chi connectivity index (χ1) is 5.86. The van der Waals surface area contributed by atoms with Gasteiger partial charge in [0.05, 0.1) is 0 Å². The highest BCUT2D eigenvalue weighted by Gasteiger charge is 2.48. The molecule has 2 aliphatic heterocycles. The minimum atomic E-state index is 1.01. The maximum atomic E-state index is 2.77. The van der Waals surface area contributed by atoms with Crippen LogP contribution < -0.4 is 0 Å². The highest BCUT2D eigenvalue weighted by Crippen LogP contribution is 2.48. The standard InChI is InChI=1S/C11H19N/c1-8-4-5-9-10(8)7-12-6-2-3-11(9)12/h8-11H,2-7H2,1H3. The molecule has 3 fully saturated rings. The summed E-state index contributed by atoms with van der Waals surface area (Å²) < 4.78 is 0. The fourth-order valence-corrected chi connectivity index (χ4v) is 3.93. The van der Waals surface area contributed by atoms with Crippen LogP contribution in [0, 0.1) is 17.8 Å². The number of fused-ring (bicyclic) bond motifs is 3. The Morgan fingerprint density at radius 2 is 2.00 bits per heavy atom. The van der Waals surface area contributed by atoms with Crippen LogP contribution in [0.2, 0.25) is 0 Å². The molecule has 0 aromatic carbocycles. The van der Waals surface area contributed by atoms with E-state index in [2.05, 4.69) is 11.8 Å². The van der Waals surface area contributed by atoms with Crippen LogP contribution in [0.1, 0.15) is 32.6 Å². The van der Waals surface area contributed by atoms with Crippen molar-refractivity contribution in [3.63, 3.8) is 0 Å². The van der Waals surface area contributed by atoms with E-state index in [1.807, 2.05) is 0 Å². The van der Waals surface area contributed by atoms with Gasteiger partial charge in [0.25, 0.3) is 0 Å². The third kappa shape index (κ3) is 0.834. The molecule has 0 amide bonds. The molecule has 4 unspecified atom stereocenters. The molecule has 0 spiro atoms. The lowest BCUT2D eigenvalue weighted by molar-refractivity contribution is 0.281. The van der Waals surface area contributed by atoms with Crippen LogP contribution in [0.3, 0.4) is 0 Å². The normalized spacial score (nSPS) is 52.8. The Bertz CT molecular complexity index is 187. The monoisotopic (exact) mass is 165 g/mol. The smallest absolute Gasteiger partial charge is 0.0127 e. The van der Waals surface area contributed by atoms with Gasteiger partial charge >= 0.3 is 0 Å². The summed E-state index contributed by atoms with van der Waals surface area (Å²) in [5.41, 5.74) is 0. The molecule has 1 saturated carbocycles. The Labute approximate surface area is 75.1 Å². The van der Waals surface area contributed by atoms with Crippen molar-refractivity contribution in [2.45, 2.75) is 38.6 Å². The van der Waals surface area contributed by atoms with E-state index in [4.69, 9.17) is 0 Å². The second-order valence-corrected chi connectivity index (χ2v) is 5.09. The van der Waals surface area contributed by atoms with Gasteiger partial charge in [-0.1, -0.05) is 13.3 Å². The molecule has 3 aliphatic rings. The minimum Gasteiger partial charge on any atom is -0.300 e. The van der Waals surface area contributed by atoms with Crippen LogP contribution in [-0.2, 0) is 0 Å². The van der Waals surface area contributed by atoms with Crippen LogP contribution in [-0.4, -0.2) is 24.0 Å². The predicted octanol–water partition coefficient (Wildman–Crippen LogP) is 2.13. The minimum absolute atomic E-state index is 1.01. The van der Waals surface area contributed by atoms with E-state index >= 15 is 0 Å². The Hall–Kier alpha value is -0.0400. The molecule has 68 valence electrons. The fraction of sp³-hybridized carbons (Fsp3) is 1.00. The maximum absolute atomic E-state index is 2.77. The van der Waals surface area contributed by atoms with Crippen LogP contribution in [0.25, 0.3) is 0 Å². The SMILES string of the molecule is CC1CCC2C1CN1CCCC21. The highest BCUT2D eigenvalue weighted by molar-refractivity contribution is 5.00. The van der Waals surface area contributed by atoms with Crippen molar-refractivity contribution >= 4 is 0 Å². The summed E-state index contributed by atoms with van der Waals surface area (Å²) in [6, 6.07) is 1.01. The Morgan fingerprint density at radius 1 is 1.08 bits per heavy atom. The molecule has 1 nitrogen and oxygen atoms in total. The highest BCUT2D eigenvalue weighted by atomic mass is 15.2. The summed E-state index contributed by atoms with van der Waals surface area (Å²) in [5.74, 6) is 3.21. The summed E-state index contributed by atoms with van der Waals surface area (Å²) in [6.45, 7) is 5.31. The van der Waals surface area contributed by atoms with Gasteiger partial charge in [-0.05, 0) is 43.6 Å². The first-order valence-electron chi connectivity index (χ1n) is 5.60. The Kier molecular flexibility index (Phi) is 1.52. The average Bonchev–Trinajstić information content (AvgIpc) is 2.63. The third-order valence-corrected chi connectivity index (χ3v) is 4.59. The molecule has 2 heterocycles. The van der Waals surface area contributed by atoms with Gasteiger partial charge in [0.2, 0.25) is 0 Å². The first-order valence-corrected chi connectivity index (χ1v) is 5.60. The van der Waals surface area contributed by atoms with Crippen molar-refractivity contribution in [2.24, 2.45) is 17.8 Å². The van der Waals surface area contributed by atoms with E-state index in [9.17, 15) is 0 Å². The number of hydrogen-bond acceptors (Lipinski definition) is 1. The lowest BCUT2D eigenvalue weighted by Crippen LogP contribution is -2.25. The van der Waals surface area contributed by atoms with Crippen molar-refractivity contribution in [2.75, 3.05) is 13.1 Å². The first kappa shape index (κ1) is 7.37. The van der Waals surface area contributed by atoms with E-state index < -0.39 is 0 Å². The fourth-order valence-electron chi connectivity index (χ4n) is 3.93. The van der Waals surface area contributed by atoms with Gasteiger partial charge in [0.1, 0.15) is 0 Å². The van der Waals surface area contributed by atoms with Crippen LogP contribution in [0.4, 0.5) is 0 Å². The van der Waals surface area contributed by atoms with Crippen LogP contribution >= 0.6 is 0 Å². The molecule has 12 heavy (non-hydrogen) atoms. The lowest BCUT2D eigenvalue weighted by Gasteiger charge is -2.18. The quantitative estimate of drug-likeness (QED) is 0.531. The van der Waals surface area contributed by atoms with Gasteiger partial charge in [0, 0.05) is 12.6 Å². The van der Waals surface area contributed by atoms with Gasteiger partial charge in [0.15, 0.2) is 0 Å². The summed E-state index contributed by atoms with van der Waals surface area (Å²) in [6.07, 6.45) is 6.03. The molecule has 0 aromatic heterocycles. The molecule has 1 aliphatic carbocycles. The molecule has 3 rings (SSSR count). The molecular weight excluding hydrogens is 146 g/mol. The van der Waals surface area contributed by atoms with Crippen molar-refractivity contribution in [3.05, 3.63) is 0 Å². The zero-order valence-corrected chi connectivity index (χ0v) is 8.00.